The monoisotopic (exact) mass is 512 g/mol. The Morgan fingerprint density at radius 3 is 2.54 bits per heavy atom. The second-order valence-electron chi connectivity index (χ2n) is 7.52. The number of ether oxygens (including phenoxy) is 2. The summed E-state index contributed by atoms with van der Waals surface area (Å²) in [4.78, 5) is 7.29. The van der Waals surface area contributed by atoms with Gasteiger partial charge in [-0.25, -0.2) is 0 Å². The van der Waals surface area contributed by atoms with Gasteiger partial charge in [-0.1, -0.05) is 20.3 Å². The molecule has 0 saturated carbocycles. The van der Waals surface area contributed by atoms with Gasteiger partial charge >= 0.3 is 0 Å². The van der Waals surface area contributed by atoms with Crippen molar-refractivity contribution in [2.75, 3.05) is 65.7 Å². The molecule has 1 atom stereocenters. The largest absolute Gasteiger partial charge is 0.379 e. The first-order valence-corrected chi connectivity index (χ1v) is 11.2. The third-order valence-electron chi connectivity index (χ3n) is 4.79. The highest BCUT2D eigenvalue weighted by Crippen LogP contribution is 2.15. The smallest absolute Gasteiger partial charge is 0.191 e. The van der Waals surface area contributed by atoms with Gasteiger partial charge in [-0.05, 0) is 58.0 Å². The fraction of sp³-hybridized carbons (Fsp3) is 0.952. The summed E-state index contributed by atoms with van der Waals surface area (Å²) >= 11 is 0. The van der Waals surface area contributed by atoms with Crippen LogP contribution in [0.2, 0.25) is 0 Å². The molecule has 6 nitrogen and oxygen atoms in total. The first-order chi connectivity index (χ1) is 13.3. The van der Waals surface area contributed by atoms with Crippen molar-refractivity contribution < 1.29 is 9.47 Å². The zero-order valence-corrected chi connectivity index (χ0v) is 20.8. The van der Waals surface area contributed by atoms with Gasteiger partial charge in [-0.15, -0.1) is 24.0 Å². The average molecular weight is 513 g/mol. The molecular weight excluding hydrogens is 467 g/mol. The fourth-order valence-electron chi connectivity index (χ4n) is 3.28. The Morgan fingerprint density at radius 1 is 1.04 bits per heavy atom. The highest BCUT2D eigenvalue weighted by Gasteiger charge is 2.15. The van der Waals surface area contributed by atoms with Gasteiger partial charge in [-0.2, -0.15) is 0 Å². The molecule has 0 amide bonds. The second-order valence-corrected chi connectivity index (χ2v) is 7.52. The molecule has 1 aliphatic rings. The molecule has 0 spiro atoms. The van der Waals surface area contributed by atoms with E-state index in [1.54, 1.807) is 0 Å². The van der Waals surface area contributed by atoms with E-state index >= 15 is 0 Å². The van der Waals surface area contributed by atoms with E-state index in [9.17, 15) is 0 Å². The van der Waals surface area contributed by atoms with Gasteiger partial charge in [0.05, 0.1) is 19.8 Å². The van der Waals surface area contributed by atoms with E-state index in [4.69, 9.17) is 9.47 Å². The number of guanidine groups is 1. The number of halogens is 1. The third kappa shape index (κ3) is 15.8. The maximum absolute atomic E-state index is 5.59. The number of piperidine rings is 1. The summed E-state index contributed by atoms with van der Waals surface area (Å²) in [5.74, 6) is 1.76. The highest BCUT2D eigenvalue weighted by molar-refractivity contribution is 14.0. The lowest BCUT2D eigenvalue weighted by Gasteiger charge is -2.30. The van der Waals surface area contributed by atoms with Gasteiger partial charge in [-0.3, -0.25) is 4.99 Å². The summed E-state index contributed by atoms with van der Waals surface area (Å²) < 4.78 is 11.1. The van der Waals surface area contributed by atoms with Crippen LogP contribution < -0.4 is 10.6 Å². The minimum Gasteiger partial charge on any atom is -0.379 e. The normalized spacial score (nSPS) is 18.0. The van der Waals surface area contributed by atoms with Gasteiger partial charge < -0.3 is 25.0 Å². The molecule has 1 rings (SSSR count). The molecule has 1 saturated heterocycles. The second kappa shape index (κ2) is 20.2. The molecule has 1 fully saturated rings. The Hall–Kier alpha value is -0.120. The summed E-state index contributed by atoms with van der Waals surface area (Å²) in [6.07, 6.45) is 7.44. The number of aliphatic imine (C=N–C) groups is 1. The van der Waals surface area contributed by atoms with Gasteiger partial charge in [0, 0.05) is 32.8 Å². The van der Waals surface area contributed by atoms with Crippen molar-refractivity contribution in [1.82, 2.24) is 15.5 Å². The summed E-state index contributed by atoms with van der Waals surface area (Å²) in [5.41, 5.74) is 0. The lowest BCUT2D eigenvalue weighted by atomic mass is 10.0. The molecule has 7 heteroatoms. The third-order valence-corrected chi connectivity index (χ3v) is 4.79. The Kier molecular flexibility index (Phi) is 20.1. The molecule has 0 radical (unpaired) electrons. The van der Waals surface area contributed by atoms with Crippen LogP contribution in [-0.4, -0.2) is 76.6 Å². The molecular formula is C21H45IN4O2. The van der Waals surface area contributed by atoms with E-state index in [1.165, 1.54) is 45.3 Å². The van der Waals surface area contributed by atoms with Crippen molar-refractivity contribution >= 4 is 29.9 Å². The molecule has 28 heavy (non-hydrogen) atoms. The van der Waals surface area contributed by atoms with Crippen LogP contribution in [0.25, 0.3) is 0 Å². The molecule has 0 aromatic heterocycles. The highest BCUT2D eigenvalue weighted by atomic mass is 127. The molecule has 1 aliphatic heterocycles. The minimum atomic E-state index is 0. The van der Waals surface area contributed by atoms with E-state index in [1.807, 2.05) is 0 Å². The SMILES string of the molecule is CCCCOCCOCCNC(=NCCCCN1CCCC(C)C1)NCC.I. The first kappa shape index (κ1) is 27.9. The van der Waals surface area contributed by atoms with Crippen molar-refractivity contribution in [1.29, 1.82) is 0 Å². The summed E-state index contributed by atoms with van der Waals surface area (Å²) in [7, 11) is 0. The maximum Gasteiger partial charge on any atom is 0.191 e. The number of rotatable bonds is 15. The zero-order chi connectivity index (χ0) is 19.6. The van der Waals surface area contributed by atoms with Crippen molar-refractivity contribution in [3.63, 3.8) is 0 Å². The lowest BCUT2D eigenvalue weighted by Crippen LogP contribution is -2.39. The molecule has 1 unspecified atom stereocenters. The van der Waals surface area contributed by atoms with E-state index in [2.05, 4.69) is 41.3 Å². The molecule has 0 bridgehead atoms. The number of hydrogen-bond acceptors (Lipinski definition) is 4. The minimum absolute atomic E-state index is 0. The number of hydrogen-bond donors (Lipinski definition) is 2. The van der Waals surface area contributed by atoms with Crippen LogP contribution in [0.15, 0.2) is 4.99 Å². The molecule has 0 aromatic carbocycles. The molecule has 2 N–H and O–H groups in total. The van der Waals surface area contributed by atoms with Crippen LogP contribution in [0.1, 0.15) is 59.3 Å². The number of nitrogens with zero attached hydrogens (tertiary/aromatic N) is 2. The van der Waals surface area contributed by atoms with E-state index < -0.39 is 0 Å². The van der Waals surface area contributed by atoms with Crippen LogP contribution in [0.3, 0.4) is 0 Å². The summed E-state index contributed by atoms with van der Waals surface area (Å²) in [5, 5.41) is 6.64. The predicted octanol–water partition coefficient (Wildman–Crippen LogP) is 3.50. The van der Waals surface area contributed by atoms with Gasteiger partial charge in [0.15, 0.2) is 5.96 Å². The van der Waals surface area contributed by atoms with E-state index in [-0.39, 0.29) is 24.0 Å². The van der Waals surface area contributed by atoms with Gasteiger partial charge in [0.1, 0.15) is 0 Å². The quantitative estimate of drug-likeness (QED) is 0.152. The number of unbranched alkanes of at least 4 members (excludes halogenated alkanes) is 2. The topological polar surface area (TPSA) is 58.1 Å². The summed E-state index contributed by atoms with van der Waals surface area (Å²) in [6, 6.07) is 0. The average Bonchev–Trinajstić information content (AvgIpc) is 2.66. The molecule has 0 aliphatic carbocycles. The predicted molar refractivity (Wildman–Crippen MR) is 130 cm³/mol. The molecule has 1 heterocycles. The van der Waals surface area contributed by atoms with Crippen LogP contribution in [0.4, 0.5) is 0 Å². The maximum atomic E-state index is 5.59. The van der Waals surface area contributed by atoms with E-state index in [0.29, 0.717) is 19.8 Å². The molecule has 168 valence electrons. The van der Waals surface area contributed by atoms with E-state index in [0.717, 1.165) is 51.0 Å². The summed E-state index contributed by atoms with van der Waals surface area (Å²) in [6.45, 7) is 15.8. The van der Waals surface area contributed by atoms with Gasteiger partial charge in [0.2, 0.25) is 0 Å². The number of nitrogens with one attached hydrogen (secondary N) is 2. The fourth-order valence-corrected chi connectivity index (χ4v) is 3.28. The first-order valence-electron chi connectivity index (χ1n) is 11.2. The standard InChI is InChI=1S/C21H44N4O2.HI/c1-4-6-15-26-17-18-27-16-12-24-21(22-5-2)23-11-7-8-13-25-14-9-10-20(3)19-25;/h20H,4-19H2,1-3H3,(H2,22,23,24);1H. The van der Waals surface area contributed by atoms with Crippen LogP contribution in [0, 0.1) is 5.92 Å². The van der Waals surface area contributed by atoms with Crippen LogP contribution in [-0.2, 0) is 9.47 Å². The Bertz CT molecular complexity index is 372. The van der Waals surface area contributed by atoms with Crippen molar-refractivity contribution in [2.24, 2.45) is 10.9 Å². The Labute approximate surface area is 190 Å². The Balaban J connectivity index is 0.00000729. The van der Waals surface area contributed by atoms with Crippen molar-refractivity contribution in [3.05, 3.63) is 0 Å². The number of likely N-dealkylation sites (tertiary alicyclic amines) is 1. The zero-order valence-electron chi connectivity index (χ0n) is 18.5. The molecule has 0 aromatic rings. The van der Waals surface area contributed by atoms with Gasteiger partial charge in [0.25, 0.3) is 0 Å². The van der Waals surface area contributed by atoms with Crippen LogP contribution in [0.5, 0.6) is 0 Å². The lowest BCUT2D eigenvalue weighted by molar-refractivity contribution is 0.0487. The van der Waals surface area contributed by atoms with Crippen molar-refractivity contribution in [3.8, 4) is 0 Å². The van der Waals surface area contributed by atoms with Crippen molar-refractivity contribution in [2.45, 2.75) is 59.3 Å². The Morgan fingerprint density at radius 2 is 1.82 bits per heavy atom. The van der Waals surface area contributed by atoms with Crippen LogP contribution >= 0.6 is 24.0 Å².